The largest absolute Gasteiger partial charge is 0.481 e. The van der Waals surface area contributed by atoms with Crippen molar-refractivity contribution < 1.29 is 76.6 Å². The number of ether oxygens (including phenoxy) is 2. The van der Waals surface area contributed by atoms with Crippen LogP contribution in [0.4, 0.5) is 5.82 Å². The van der Waals surface area contributed by atoms with Gasteiger partial charge in [0.05, 0.1) is 19.5 Å². The third kappa shape index (κ3) is 8.84. The number of imide groups is 1. The number of aliphatic hydroxyl groups excluding tert-OH is 4. The molecule has 2 unspecified atom stereocenters. The first kappa shape index (κ1) is 39.8. The van der Waals surface area contributed by atoms with Crippen LogP contribution in [0, 0.1) is 0 Å². The van der Waals surface area contributed by atoms with E-state index < -0.39 is 83.8 Å². The second-order valence-electron chi connectivity index (χ2n) is 11.4. The van der Waals surface area contributed by atoms with Gasteiger partial charge >= 0.3 is 15.6 Å². The molecule has 3 fully saturated rings. The number of hydrogen-bond donors (Lipinski definition) is 8. The van der Waals surface area contributed by atoms with Gasteiger partial charge in [-0.1, -0.05) is 6.08 Å². The van der Waals surface area contributed by atoms with Gasteiger partial charge in [-0.15, -0.1) is 0 Å². The lowest BCUT2D eigenvalue weighted by Gasteiger charge is -2.28. The van der Waals surface area contributed by atoms with Crippen molar-refractivity contribution >= 4 is 62.1 Å². The van der Waals surface area contributed by atoms with Crippen LogP contribution in [0.25, 0.3) is 11.2 Å². The molecule has 4 aliphatic heterocycles. The Morgan fingerprint density at radius 3 is 2.02 bits per heavy atom. The summed E-state index contributed by atoms with van der Waals surface area (Å²) in [5.41, 5.74) is 11.6. The van der Waals surface area contributed by atoms with E-state index in [1.807, 2.05) is 0 Å². The summed E-state index contributed by atoms with van der Waals surface area (Å²) in [6.45, 7) is -1.79. The number of fused-ring (bicyclic) bond motifs is 1. The van der Waals surface area contributed by atoms with Gasteiger partial charge in [0.1, 0.15) is 48.5 Å². The van der Waals surface area contributed by atoms with Gasteiger partial charge < -0.3 is 56.1 Å². The monoisotopic (exact) mass is 798 g/mol. The lowest BCUT2D eigenvalue weighted by Crippen LogP contribution is -2.40. The number of allylic oxidation sites excluding steroid dienone is 1. The minimum absolute atomic E-state index is 0.0517. The van der Waals surface area contributed by atoms with Crippen LogP contribution in [0.1, 0.15) is 25.5 Å². The molecule has 0 spiro atoms. The number of aromatic nitrogens is 4. The Morgan fingerprint density at radius 2 is 1.48 bits per heavy atom. The van der Waals surface area contributed by atoms with Gasteiger partial charge in [0.2, 0.25) is 17.7 Å². The zero-order chi connectivity index (χ0) is 38.1. The van der Waals surface area contributed by atoms with Crippen LogP contribution < -0.4 is 11.5 Å². The van der Waals surface area contributed by atoms with E-state index in [4.69, 9.17) is 41.8 Å². The SMILES string of the molecule is NC(=O)C1=CN([C@@H]2O[C@H](COP(=O)(O)OP(=O)(O)OC[C@H]3O[C@@H](n4cnc5c(N)ncnc54)[C@H](O)[C@@H]3O)[C@@H](O)[C@H]2O)C=CC1.O=C1CCC(=O)N1Cl. The van der Waals surface area contributed by atoms with E-state index in [1.165, 1.54) is 28.2 Å². The summed E-state index contributed by atoms with van der Waals surface area (Å²) < 4.78 is 51.5. The average molecular weight is 799 g/mol. The topological polar surface area (TPSA) is 355 Å². The minimum Gasteiger partial charge on any atom is -0.387 e. The van der Waals surface area contributed by atoms with Crippen LogP contribution in [-0.4, -0.2) is 133 Å². The maximum absolute atomic E-state index is 12.4. The Kier molecular flexibility index (Phi) is 12.1. The van der Waals surface area contributed by atoms with Gasteiger partial charge in [0.25, 0.3) is 0 Å². The number of imidazole rings is 1. The molecule has 0 bridgehead atoms. The van der Waals surface area contributed by atoms with E-state index in [9.17, 15) is 53.7 Å². The first-order valence-corrected chi connectivity index (χ1v) is 18.3. The van der Waals surface area contributed by atoms with Crippen molar-refractivity contribution in [2.45, 2.75) is 68.3 Å². The van der Waals surface area contributed by atoms with Crippen molar-refractivity contribution in [1.29, 1.82) is 0 Å². The summed E-state index contributed by atoms with van der Waals surface area (Å²) in [4.78, 5) is 65.3. The normalized spacial score (nSPS) is 31.3. The molecule has 0 aliphatic carbocycles. The molecule has 52 heavy (non-hydrogen) atoms. The van der Waals surface area contributed by atoms with Crippen LogP contribution >= 0.6 is 27.4 Å². The van der Waals surface area contributed by atoms with Crippen LogP contribution in [0.3, 0.4) is 0 Å². The molecular weight excluding hydrogens is 766 g/mol. The van der Waals surface area contributed by atoms with Gasteiger partial charge in [-0.05, 0) is 6.42 Å². The number of amides is 3. The molecule has 2 aromatic heterocycles. The van der Waals surface area contributed by atoms with Gasteiger partial charge in [0, 0.05) is 42.6 Å². The second kappa shape index (κ2) is 15.9. The Bertz CT molecular complexity index is 1830. The molecule has 3 amide bonds. The molecule has 27 heteroatoms. The number of nitrogens with zero attached hydrogens (tertiary/aromatic N) is 6. The number of primary amides is 1. The molecule has 10 N–H and O–H groups in total. The van der Waals surface area contributed by atoms with E-state index in [1.54, 1.807) is 6.08 Å². The standard InChI is InChI=1S/C21H29N7O14P2.C4H4ClNO2/c22-17-12-19(25-7-24-17)28(8-26-12)21-16(32)14(30)11(41-21)6-39-44(36,37)42-43(34,35)38-5-10-13(29)15(31)20(40-10)27-3-1-2-9(4-27)18(23)33;5-6-3(7)1-2-4(6)8/h1,3-4,7-8,10-11,13-16,20-21,29-32H,2,5-6H2,(H2,23,33)(H,34,35)(H,36,37)(H2,22,24,25);1-2H2/t10-,11-,13-,14-,15-,16-,20-,21-;/m1./s1. The summed E-state index contributed by atoms with van der Waals surface area (Å²) >= 11 is 5.15. The quantitative estimate of drug-likeness (QED) is 0.0667. The second-order valence-corrected chi connectivity index (χ2v) is 14.8. The molecule has 6 heterocycles. The molecule has 3 saturated heterocycles. The molecule has 4 aliphatic rings. The number of nitrogens with two attached hydrogens (primary N) is 2. The van der Waals surface area contributed by atoms with Crippen molar-refractivity contribution in [3.05, 3.63) is 36.7 Å². The number of phosphoric ester groups is 2. The number of nitrogen functional groups attached to an aromatic ring is 1. The first-order valence-electron chi connectivity index (χ1n) is 15.0. The van der Waals surface area contributed by atoms with Crippen LogP contribution in [0.2, 0.25) is 0 Å². The summed E-state index contributed by atoms with van der Waals surface area (Å²) in [5.74, 6) is -1.25. The van der Waals surface area contributed by atoms with Gasteiger partial charge in [0.15, 0.2) is 23.9 Å². The van der Waals surface area contributed by atoms with E-state index in [2.05, 4.69) is 19.3 Å². The highest BCUT2D eigenvalue weighted by Gasteiger charge is 2.48. The lowest BCUT2D eigenvalue weighted by atomic mass is 10.1. The average Bonchev–Trinajstić information content (AvgIpc) is 3.81. The van der Waals surface area contributed by atoms with E-state index in [0.717, 1.165) is 6.33 Å². The van der Waals surface area contributed by atoms with Crippen molar-refractivity contribution in [2.75, 3.05) is 18.9 Å². The predicted molar refractivity (Wildman–Crippen MR) is 169 cm³/mol. The number of hydrogen-bond acceptors (Lipinski definition) is 19. The highest BCUT2D eigenvalue weighted by atomic mass is 35.5. The highest BCUT2D eigenvalue weighted by Crippen LogP contribution is 2.60. The maximum atomic E-state index is 12.4. The predicted octanol–water partition coefficient (Wildman–Crippen LogP) is -2.40. The lowest BCUT2D eigenvalue weighted by molar-refractivity contribution is -0.132. The fraction of sp³-hybridized carbons (Fsp3) is 0.520. The zero-order valence-electron chi connectivity index (χ0n) is 26.4. The van der Waals surface area contributed by atoms with Crippen LogP contribution in [-0.2, 0) is 46.3 Å². The Morgan fingerprint density at radius 1 is 0.923 bits per heavy atom. The number of aliphatic hydroxyl groups is 4. The van der Waals surface area contributed by atoms with Gasteiger partial charge in [-0.3, -0.25) is 28.0 Å². The zero-order valence-corrected chi connectivity index (χ0v) is 29.0. The van der Waals surface area contributed by atoms with Gasteiger partial charge in [-0.2, -0.15) is 8.73 Å². The number of rotatable bonds is 11. The Balaban J connectivity index is 0.000000577. The van der Waals surface area contributed by atoms with E-state index >= 15 is 0 Å². The third-order valence-corrected chi connectivity index (χ3v) is 10.8. The fourth-order valence-corrected chi connectivity index (χ4v) is 7.49. The number of halogens is 1. The van der Waals surface area contributed by atoms with Gasteiger partial charge in [-0.25, -0.2) is 24.1 Å². The summed E-state index contributed by atoms with van der Waals surface area (Å²) in [6, 6.07) is 0. The molecular formula is C25H33ClN8O16P2. The maximum Gasteiger partial charge on any atom is 0.481 e. The van der Waals surface area contributed by atoms with Crippen LogP contribution in [0.5, 0.6) is 0 Å². The molecule has 0 radical (unpaired) electrons. The molecule has 24 nitrogen and oxygen atoms in total. The summed E-state index contributed by atoms with van der Waals surface area (Å²) in [6.07, 6.45) is -4.35. The number of anilines is 1. The molecule has 286 valence electrons. The first-order chi connectivity index (χ1) is 24.4. The molecule has 6 rings (SSSR count). The number of carbonyl (C=O) groups excluding carboxylic acids is 3. The smallest absolute Gasteiger partial charge is 0.387 e. The van der Waals surface area contributed by atoms with Crippen molar-refractivity contribution in [2.24, 2.45) is 5.73 Å². The fourth-order valence-electron chi connectivity index (χ4n) is 5.23. The summed E-state index contributed by atoms with van der Waals surface area (Å²) in [7, 11) is -10.7. The Labute approximate surface area is 297 Å². The Hall–Kier alpha value is -3.45. The third-order valence-electron chi connectivity index (χ3n) is 7.87. The number of carbonyl (C=O) groups is 3. The van der Waals surface area contributed by atoms with E-state index in [-0.39, 0.29) is 53.6 Å². The number of phosphoric acid groups is 2. The molecule has 2 aromatic rings. The van der Waals surface area contributed by atoms with Crippen molar-refractivity contribution in [3.63, 3.8) is 0 Å². The van der Waals surface area contributed by atoms with Crippen molar-refractivity contribution in [1.82, 2.24) is 28.8 Å². The minimum atomic E-state index is -5.37. The molecule has 0 aromatic carbocycles. The van der Waals surface area contributed by atoms with Crippen LogP contribution in [0.15, 0.2) is 36.7 Å². The molecule has 10 atom stereocenters. The van der Waals surface area contributed by atoms with E-state index in [0.29, 0.717) is 4.42 Å². The molecule has 0 saturated carbocycles. The summed E-state index contributed by atoms with van der Waals surface area (Å²) in [5, 5.41) is 41.6. The highest BCUT2D eigenvalue weighted by molar-refractivity contribution is 7.61. The van der Waals surface area contributed by atoms with Crippen molar-refractivity contribution in [3.8, 4) is 0 Å².